The molecule has 2 aliphatic carbocycles. The maximum Gasteiger partial charge on any atom is 2.00 e. The molecule has 0 N–H and O–H groups in total. The van der Waals surface area contributed by atoms with Crippen molar-refractivity contribution in [3.05, 3.63) is 46.6 Å². The Kier molecular flexibility index (Phi) is 25.4. The largest absolute Gasteiger partial charge is 2.00 e. The molecule has 0 spiro atoms. The molecule has 0 fully saturated rings. The van der Waals surface area contributed by atoms with Gasteiger partial charge in [0.05, 0.1) is 0 Å². The van der Waals surface area contributed by atoms with Crippen LogP contribution in [0.15, 0.2) is 34.4 Å². The van der Waals surface area contributed by atoms with E-state index in [1.54, 1.807) is 0 Å². The third kappa shape index (κ3) is 13.6. The predicted molar refractivity (Wildman–Crippen MR) is 95.0 cm³/mol. The number of allylic oxidation sites excluding steroid dienone is 8. The van der Waals surface area contributed by atoms with Crippen molar-refractivity contribution in [1.82, 2.24) is 0 Å². The van der Waals surface area contributed by atoms with Crippen molar-refractivity contribution >= 4 is 34.3 Å². The minimum absolute atomic E-state index is 0. The van der Waals surface area contributed by atoms with Crippen molar-refractivity contribution in [1.29, 1.82) is 0 Å². The quantitative estimate of drug-likeness (QED) is 0.364. The van der Waals surface area contributed by atoms with Gasteiger partial charge in [-0.1, -0.05) is 26.9 Å². The third-order valence-corrected chi connectivity index (χ3v) is 2.73. The van der Waals surface area contributed by atoms with Crippen LogP contribution in [0.1, 0.15) is 40.5 Å². The van der Waals surface area contributed by atoms with Gasteiger partial charge >= 0.3 is 26.2 Å². The van der Waals surface area contributed by atoms with Crippen LogP contribution in [0.2, 0.25) is 13.1 Å². The maximum absolute atomic E-state index is 3.19. The summed E-state index contributed by atoms with van der Waals surface area (Å²) in [5, 5.41) is 0. The van der Waals surface area contributed by atoms with Crippen molar-refractivity contribution in [2.75, 3.05) is 0 Å². The molecule has 0 aromatic rings. The summed E-state index contributed by atoms with van der Waals surface area (Å²) in [5.74, 6) is 0. The van der Waals surface area contributed by atoms with E-state index >= 15 is 0 Å². The van der Waals surface area contributed by atoms with Crippen molar-refractivity contribution in [3.63, 3.8) is 0 Å². The average Bonchev–Trinajstić information content (AvgIpc) is 2.81. The topological polar surface area (TPSA) is 0 Å². The van der Waals surface area contributed by atoms with E-state index in [9.17, 15) is 0 Å². The normalized spacial score (nSPS) is 14.3. The Morgan fingerprint density at radius 3 is 1.10 bits per heavy atom. The molecule has 2 aliphatic rings. The van der Waals surface area contributed by atoms with Gasteiger partial charge in [-0.25, -0.2) is 22.3 Å². The smallest absolute Gasteiger partial charge is 0.270 e. The summed E-state index contributed by atoms with van der Waals surface area (Å²) in [6.07, 6.45) is 12.8. The Hall–Kier alpha value is 0.640. The summed E-state index contributed by atoms with van der Waals surface area (Å²) < 4.78 is 0. The van der Waals surface area contributed by atoms with Crippen LogP contribution in [0.4, 0.5) is 0 Å². The number of halogens is 2. The van der Waals surface area contributed by atoms with Crippen LogP contribution in [0.5, 0.6) is 0 Å². The molecule has 1 radical (unpaired) electrons. The molecule has 20 heavy (non-hydrogen) atoms. The van der Waals surface area contributed by atoms with E-state index < -0.39 is 0 Å². The minimum Gasteiger partial charge on any atom is -0.270 e. The Morgan fingerprint density at radius 2 is 1.05 bits per heavy atom. The summed E-state index contributed by atoms with van der Waals surface area (Å²) in [7, 11) is 0.750. The van der Waals surface area contributed by atoms with Crippen molar-refractivity contribution in [2.24, 2.45) is 0 Å². The van der Waals surface area contributed by atoms with E-state index in [2.05, 4.69) is 65.1 Å². The number of hydrogen-bond acceptors (Lipinski definition) is 0. The molecule has 0 saturated carbocycles. The Balaban J connectivity index is -0.0000000956. The van der Waals surface area contributed by atoms with E-state index in [4.69, 9.17) is 0 Å². The van der Waals surface area contributed by atoms with Crippen LogP contribution in [-0.4, -0.2) is 9.52 Å². The van der Waals surface area contributed by atoms with Gasteiger partial charge in [-0.05, 0) is 0 Å². The van der Waals surface area contributed by atoms with Gasteiger partial charge in [0.15, 0.2) is 0 Å². The molecule has 113 valence electrons. The van der Waals surface area contributed by atoms with Crippen LogP contribution in [0.3, 0.4) is 0 Å². The fraction of sp³-hybridized carbons (Fsp3) is 0.500. The monoisotopic (exact) mass is 407 g/mol. The summed E-state index contributed by atoms with van der Waals surface area (Å²) in [6.45, 7) is 12.8. The second-order valence-corrected chi connectivity index (χ2v) is 5.52. The zero-order chi connectivity index (χ0) is 13.3. The molecule has 0 aromatic carbocycles. The second kappa shape index (κ2) is 17.7. The molecule has 0 aromatic heterocycles. The van der Waals surface area contributed by atoms with Gasteiger partial charge in [0.2, 0.25) is 0 Å². The molecule has 0 nitrogen and oxygen atoms in total. The first-order chi connectivity index (χ1) is 8.02. The van der Waals surface area contributed by atoms with E-state index in [0.717, 1.165) is 22.4 Å². The summed E-state index contributed by atoms with van der Waals surface area (Å²) in [6, 6.07) is 0. The van der Waals surface area contributed by atoms with Gasteiger partial charge in [-0.2, -0.15) is 12.2 Å². The molecule has 0 amide bonds. The fourth-order valence-corrected chi connectivity index (χ4v) is 1.30. The molecule has 0 aliphatic heterocycles. The van der Waals surface area contributed by atoms with Crippen LogP contribution >= 0.6 is 24.8 Å². The minimum atomic E-state index is 0. The Labute approximate surface area is 160 Å². The summed E-state index contributed by atoms with van der Waals surface area (Å²) in [4.78, 5) is 0. The SMILES string of the molecule is CC1=[C-]CC=C1C.CC1=[C-]CC=C1C.C[SiH]C.Cl.Cl.[Zr+2]. The van der Waals surface area contributed by atoms with Gasteiger partial charge in [-0.3, -0.25) is 12.2 Å². The Morgan fingerprint density at radius 1 is 0.800 bits per heavy atom. The molecule has 0 bridgehead atoms. The molecule has 0 atom stereocenters. The van der Waals surface area contributed by atoms with Crippen LogP contribution in [0, 0.1) is 12.2 Å². The van der Waals surface area contributed by atoms with Crippen LogP contribution in [0.25, 0.3) is 0 Å². The first-order valence-electron chi connectivity index (χ1n) is 6.26. The predicted octanol–water partition coefficient (Wildman–Crippen LogP) is 5.53. The molecule has 0 heterocycles. The fourth-order valence-electron chi connectivity index (χ4n) is 1.30. The van der Waals surface area contributed by atoms with Crippen LogP contribution < -0.4 is 0 Å². The molecule has 4 heteroatoms. The summed E-state index contributed by atoms with van der Waals surface area (Å²) >= 11 is 0. The van der Waals surface area contributed by atoms with Crippen LogP contribution in [-0.2, 0) is 26.2 Å². The first-order valence-corrected chi connectivity index (χ1v) is 8.57. The molecule has 0 unspecified atom stereocenters. The van der Waals surface area contributed by atoms with E-state index in [1.807, 2.05) is 0 Å². The van der Waals surface area contributed by atoms with Crippen molar-refractivity contribution < 1.29 is 26.2 Å². The average molecular weight is 410 g/mol. The van der Waals surface area contributed by atoms with Crippen molar-refractivity contribution in [2.45, 2.75) is 53.6 Å². The first kappa shape index (κ1) is 28.8. The van der Waals surface area contributed by atoms with Crippen molar-refractivity contribution in [3.8, 4) is 0 Å². The van der Waals surface area contributed by atoms with Gasteiger partial charge in [0, 0.05) is 9.52 Å². The van der Waals surface area contributed by atoms with Gasteiger partial charge < -0.3 is 0 Å². The van der Waals surface area contributed by atoms with Gasteiger partial charge in [0.25, 0.3) is 0 Å². The van der Waals surface area contributed by atoms with Gasteiger partial charge in [-0.15, -0.1) is 51.5 Å². The van der Waals surface area contributed by atoms with E-state index in [0.29, 0.717) is 0 Å². The van der Waals surface area contributed by atoms with E-state index in [1.165, 1.54) is 22.3 Å². The number of rotatable bonds is 0. The zero-order valence-corrected chi connectivity index (χ0v) is 18.7. The molecular weight excluding hydrogens is 382 g/mol. The van der Waals surface area contributed by atoms with E-state index in [-0.39, 0.29) is 51.0 Å². The zero-order valence-electron chi connectivity index (χ0n) is 13.5. The molecular formula is C16H27Cl2SiZr. The molecule has 0 saturated heterocycles. The molecule has 2 rings (SSSR count). The Bertz CT molecular complexity index is 289. The third-order valence-electron chi connectivity index (χ3n) is 2.73. The second-order valence-electron chi connectivity index (χ2n) is 4.36. The number of hydrogen-bond donors (Lipinski definition) is 0. The standard InChI is InChI=1S/2C7H9.C2H7Si.2ClH.Zr/c2*1-6-4-3-5-7(6)2;1-3-2;;;/h2*4H,3H2,1-2H3;3H,1-2H3;2*1H;/q2*-1;;;;+2. The maximum atomic E-state index is 3.19. The summed E-state index contributed by atoms with van der Waals surface area (Å²) in [5.41, 5.74) is 5.42. The van der Waals surface area contributed by atoms with Gasteiger partial charge in [0.1, 0.15) is 0 Å².